The van der Waals surface area contributed by atoms with Crippen LogP contribution in [0.25, 0.3) is 0 Å². The van der Waals surface area contributed by atoms with E-state index in [9.17, 15) is 9.59 Å². The number of ether oxygens (including phenoxy) is 1. The van der Waals surface area contributed by atoms with Crippen molar-refractivity contribution in [3.8, 4) is 0 Å². The number of carboxylic acids is 1. The van der Waals surface area contributed by atoms with E-state index in [-0.39, 0.29) is 24.4 Å². The van der Waals surface area contributed by atoms with E-state index in [1.807, 2.05) is 31.5 Å². The summed E-state index contributed by atoms with van der Waals surface area (Å²) < 4.78 is 7.68. The predicted molar refractivity (Wildman–Crippen MR) is 79.2 cm³/mol. The Labute approximate surface area is 129 Å². The van der Waals surface area contributed by atoms with Gasteiger partial charge in [-0.1, -0.05) is 0 Å². The van der Waals surface area contributed by atoms with Crippen LogP contribution >= 0.6 is 0 Å². The quantitative estimate of drug-likeness (QED) is 0.856. The van der Waals surface area contributed by atoms with E-state index in [4.69, 9.17) is 9.84 Å². The first-order valence-electron chi connectivity index (χ1n) is 7.60. The molecule has 1 aromatic heterocycles. The van der Waals surface area contributed by atoms with Crippen LogP contribution in [0.5, 0.6) is 0 Å². The zero-order valence-corrected chi connectivity index (χ0v) is 13.2. The Morgan fingerprint density at radius 3 is 2.86 bits per heavy atom. The van der Waals surface area contributed by atoms with Crippen LogP contribution in [-0.2, 0) is 20.9 Å². The molecular weight excluding hydrogens is 286 g/mol. The molecule has 0 bridgehead atoms. The topological polar surface area (TPSA) is 84.7 Å². The second kappa shape index (κ2) is 6.91. The Balaban J connectivity index is 2.22. The number of nitrogens with zero attached hydrogens (tertiary/aromatic N) is 3. The molecule has 0 aliphatic carbocycles. The highest BCUT2D eigenvalue weighted by Crippen LogP contribution is 2.35. The molecule has 1 fully saturated rings. The maximum atomic E-state index is 12.8. The van der Waals surface area contributed by atoms with E-state index in [0.717, 1.165) is 12.4 Å². The zero-order valence-electron chi connectivity index (χ0n) is 13.2. The van der Waals surface area contributed by atoms with Gasteiger partial charge in [-0.3, -0.25) is 9.59 Å². The summed E-state index contributed by atoms with van der Waals surface area (Å²) in [5.74, 6) is -0.829. The third-order valence-electron chi connectivity index (χ3n) is 3.96. The van der Waals surface area contributed by atoms with Gasteiger partial charge in [0.1, 0.15) is 18.5 Å². The molecule has 0 spiro atoms. The second-order valence-corrected chi connectivity index (χ2v) is 5.71. The fraction of sp³-hybridized carbons (Fsp3) is 0.667. The Hall–Kier alpha value is -1.89. The van der Waals surface area contributed by atoms with Crippen molar-refractivity contribution in [2.75, 3.05) is 13.2 Å². The maximum absolute atomic E-state index is 12.8. The highest BCUT2D eigenvalue weighted by Gasteiger charge is 2.40. The highest BCUT2D eigenvalue weighted by atomic mass is 16.5. The molecule has 2 rings (SSSR count). The van der Waals surface area contributed by atoms with E-state index in [1.165, 1.54) is 4.90 Å². The molecule has 1 saturated heterocycles. The van der Waals surface area contributed by atoms with Gasteiger partial charge in [0, 0.05) is 31.6 Å². The minimum atomic E-state index is -1.01. The Bertz CT molecular complexity index is 541. The summed E-state index contributed by atoms with van der Waals surface area (Å²) in [4.78, 5) is 29.5. The first kappa shape index (κ1) is 16.5. The average molecular weight is 309 g/mol. The second-order valence-electron chi connectivity index (χ2n) is 5.71. The number of carbonyl (C=O) groups excluding carboxylic acids is 1. The van der Waals surface area contributed by atoms with Crippen LogP contribution < -0.4 is 0 Å². The number of aliphatic carboxylic acids is 1. The molecule has 7 heteroatoms. The number of aryl methyl sites for hydroxylation is 1. The van der Waals surface area contributed by atoms with Crippen LogP contribution in [0.3, 0.4) is 0 Å². The monoisotopic (exact) mass is 309 g/mol. The van der Waals surface area contributed by atoms with Crippen LogP contribution in [0.4, 0.5) is 0 Å². The van der Waals surface area contributed by atoms with Crippen molar-refractivity contribution in [1.82, 2.24) is 14.5 Å². The first-order valence-corrected chi connectivity index (χ1v) is 7.60. The number of amides is 1. The fourth-order valence-corrected chi connectivity index (χ4v) is 2.82. The summed E-state index contributed by atoms with van der Waals surface area (Å²) in [5.41, 5.74) is 0. The minimum Gasteiger partial charge on any atom is -0.480 e. The van der Waals surface area contributed by atoms with Gasteiger partial charge in [0.05, 0.1) is 5.92 Å². The molecule has 2 heterocycles. The fourth-order valence-electron chi connectivity index (χ4n) is 2.82. The van der Waals surface area contributed by atoms with E-state index < -0.39 is 12.1 Å². The molecule has 122 valence electrons. The standard InChI is InChI=1S/C15H23N3O4/c1-4-17-7-6-16-14(17)13-11(5-8-22-13)15(21)18(10(2)3)9-12(19)20/h6-7,10-11,13H,4-5,8-9H2,1-3H3,(H,19,20)/t11-,13-/m1/s1. The van der Waals surface area contributed by atoms with Gasteiger partial charge in [-0.2, -0.15) is 0 Å². The number of rotatable bonds is 6. The van der Waals surface area contributed by atoms with E-state index >= 15 is 0 Å². The molecule has 0 radical (unpaired) electrons. The number of carboxylic acid groups (broad SMARTS) is 1. The summed E-state index contributed by atoms with van der Waals surface area (Å²) in [5, 5.41) is 9.01. The highest BCUT2D eigenvalue weighted by molar-refractivity contribution is 5.84. The molecule has 1 aliphatic heterocycles. The molecular formula is C15H23N3O4. The lowest BCUT2D eigenvalue weighted by atomic mass is 9.98. The van der Waals surface area contributed by atoms with Gasteiger partial charge in [0.2, 0.25) is 5.91 Å². The predicted octanol–water partition coefficient (Wildman–Crippen LogP) is 1.30. The van der Waals surface area contributed by atoms with Crippen LogP contribution in [-0.4, -0.2) is 50.6 Å². The largest absolute Gasteiger partial charge is 0.480 e. The van der Waals surface area contributed by atoms with Crippen molar-refractivity contribution < 1.29 is 19.4 Å². The first-order chi connectivity index (χ1) is 10.5. The molecule has 1 aliphatic rings. The SMILES string of the molecule is CCn1ccnc1[C@@H]1OCC[C@H]1C(=O)N(CC(=O)O)C(C)C. The van der Waals surface area contributed by atoms with Gasteiger partial charge < -0.3 is 19.3 Å². The molecule has 0 aromatic carbocycles. The van der Waals surface area contributed by atoms with Crippen LogP contribution in [0.15, 0.2) is 12.4 Å². The third-order valence-corrected chi connectivity index (χ3v) is 3.96. The smallest absolute Gasteiger partial charge is 0.323 e. The summed E-state index contributed by atoms with van der Waals surface area (Å²) >= 11 is 0. The minimum absolute atomic E-state index is 0.171. The molecule has 7 nitrogen and oxygen atoms in total. The molecule has 1 aromatic rings. The lowest BCUT2D eigenvalue weighted by Gasteiger charge is -2.29. The molecule has 2 atom stereocenters. The Morgan fingerprint density at radius 1 is 1.55 bits per heavy atom. The number of imidazole rings is 1. The van der Waals surface area contributed by atoms with Gasteiger partial charge in [-0.15, -0.1) is 0 Å². The van der Waals surface area contributed by atoms with Crippen LogP contribution in [0, 0.1) is 5.92 Å². The summed E-state index contributed by atoms with van der Waals surface area (Å²) in [6.45, 7) is 6.58. The molecule has 1 amide bonds. The van der Waals surface area contributed by atoms with Gasteiger partial charge in [0.15, 0.2) is 0 Å². The molecule has 0 unspecified atom stereocenters. The Kier molecular flexibility index (Phi) is 5.18. The van der Waals surface area contributed by atoms with Crippen molar-refractivity contribution in [2.45, 2.75) is 45.9 Å². The molecule has 22 heavy (non-hydrogen) atoms. The zero-order chi connectivity index (χ0) is 16.3. The lowest BCUT2D eigenvalue weighted by Crippen LogP contribution is -2.44. The summed E-state index contributed by atoms with van der Waals surface area (Å²) in [6.07, 6.45) is 3.73. The number of hydrogen-bond acceptors (Lipinski definition) is 4. The van der Waals surface area contributed by atoms with Crippen LogP contribution in [0.2, 0.25) is 0 Å². The normalized spacial score (nSPS) is 21.3. The van der Waals surface area contributed by atoms with Crippen molar-refractivity contribution in [3.05, 3.63) is 18.2 Å². The van der Waals surface area contributed by atoms with Gasteiger partial charge in [0.25, 0.3) is 0 Å². The summed E-state index contributed by atoms with van der Waals surface area (Å²) in [6, 6.07) is -0.171. The van der Waals surface area contributed by atoms with E-state index in [1.54, 1.807) is 6.20 Å². The number of hydrogen-bond donors (Lipinski definition) is 1. The Morgan fingerprint density at radius 2 is 2.27 bits per heavy atom. The number of aromatic nitrogens is 2. The molecule has 0 saturated carbocycles. The number of carbonyl (C=O) groups is 2. The van der Waals surface area contributed by atoms with Gasteiger partial charge in [-0.25, -0.2) is 4.98 Å². The summed E-state index contributed by atoms with van der Waals surface area (Å²) in [7, 11) is 0. The van der Waals surface area contributed by atoms with Gasteiger partial charge in [-0.05, 0) is 27.2 Å². The van der Waals surface area contributed by atoms with E-state index in [0.29, 0.717) is 13.0 Å². The van der Waals surface area contributed by atoms with Crippen LogP contribution in [0.1, 0.15) is 39.1 Å². The van der Waals surface area contributed by atoms with Gasteiger partial charge >= 0.3 is 5.97 Å². The third kappa shape index (κ3) is 3.30. The lowest BCUT2D eigenvalue weighted by molar-refractivity contribution is -0.149. The van der Waals surface area contributed by atoms with E-state index in [2.05, 4.69) is 4.98 Å². The molecule has 1 N–H and O–H groups in total. The van der Waals surface area contributed by atoms with Crippen molar-refractivity contribution in [2.24, 2.45) is 5.92 Å². The van der Waals surface area contributed by atoms with Crippen molar-refractivity contribution >= 4 is 11.9 Å². The maximum Gasteiger partial charge on any atom is 0.323 e. The van der Waals surface area contributed by atoms with Crippen molar-refractivity contribution in [1.29, 1.82) is 0 Å². The van der Waals surface area contributed by atoms with Crippen molar-refractivity contribution in [3.63, 3.8) is 0 Å². The average Bonchev–Trinajstić information content (AvgIpc) is 3.10.